The summed E-state index contributed by atoms with van der Waals surface area (Å²) in [7, 11) is 3.35. The summed E-state index contributed by atoms with van der Waals surface area (Å²) in [6.07, 6.45) is 0. The normalized spacial score (nSPS) is 10.8. The van der Waals surface area contributed by atoms with Crippen molar-refractivity contribution in [3.63, 3.8) is 0 Å². The highest BCUT2D eigenvalue weighted by atomic mass is 16.5. The Labute approximate surface area is 159 Å². The molecule has 1 aromatic heterocycles. The van der Waals surface area contributed by atoms with Gasteiger partial charge < -0.3 is 18.9 Å². The van der Waals surface area contributed by atoms with Gasteiger partial charge in [0.05, 0.1) is 31.3 Å². The fourth-order valence-electron chi connectivity index (χ4n) is 3.18. The Morgan fingerprint density at radius 2 is 1.93 bits per heavy atom. The molecular formula is C21H25N3O3. The topological polar surface area (TPSA) is 56.6 Å². The van der Waals surface area contributed by atoms with Gasteiger partial charge in [-0.3, -0.25) is 4.79 Å². The van der Waals surface area contributed by atoms with E-state index in [0.29, 0.717) is 30.2 Å². The molecule has 6 heteroatoms. The molecule has 0 aliphatic rings. The lowest BCUT2D eigenvalue weighted by Crippen LogP contribution is -2.27. The van der Waals surface area contributed by atoms with Gasteiger partial charge in [-0.15, -0.1) is 0 Å². The third kappa shape index (κ3) is 3.74. The van der Waals surface area contributed by atoms with Gasteiger partial charge in [-0.05, 0) is 44.2 Å². The highest BCUT2D eigenvalue weighted by molar-refractivity contribution is 5.94. The van der Waals surface area contributed by atoms with Crippen molar-refractivity contribution >= 4 is 16.9 Å². The number of benzene rings is 2. The van der Waals surface area contributed by atoms with Gasteiger partial charge in [0, 0.05) is 19.2 Å². The van der Waals surface area contributed by atoms with E-state index in [-0.39, 0.29) is 5.91 Å². The predicted octanol–water partition coefficient (Wildman–Crippen LogP) is 3.74. The Balaban J connectivity index is 1.84. The van der Waals surface area contributed by atoms with Crippen molar-refractivity contribution in [2.75, 3.05) is 20.8 Å². The van der Waals surface area contributed by atoms with Crippen molar-refractivity contribution in [1.29, 1.82) is 0 Å². The van der Waals surface area contributed by atoms with Crippen LogP contribution in [0.4, 0.5) is 0 Å². The van der Waals surface area contributed by atoms with E-state index in [0.717, 1.165) is 23.4 Å². The Hall–Kier alpha value is -3.02. The summed E-state index contributed by atoms with van der Waals surface area (Å²) >= 11 is 0. The van der Waals surface area contributed by atoms with E-state index >= 15 is 0 Å². The lowest BCUT2D eigenvalue weighted by Gasteiger charge is -2.18. The maximum Gasteiger partial charge on any atom is 0.254 e. The molecule has 1 amide bonds. The van der Waals surface area contributed by atoms with Gasteiger partial charge in [-0.2, -0.15) is 0 Å². The Morgan fingerprint density at radius 1 is 1.15 bits per heavy atom. The second kappa shape index (κ2) is 8.12. The van der Waals surface area contributed by atoms with E-state index in [9.17, 15) is 4.79 Å². The summed E-state index contributed by atoms with van der Waals surface area (Å²) in [4.78, 5) is 19.3. The average molecular weight is 367 g/mol. The number of amides is 1. The minimum atomic E-state index is -0.0916. The van der Waals surface area contributed by atoms with Crippen molar-refractivity contribution in [3.8, 4) is 11.5 Å². The first-order valence-corrected chi connectivity index (χ1v) is 9.09. The van der Waals surface area contributed by atoms with Crippen LogP contribution in [0, 0.1) is 0 Å². The number of hydrogen-bond donors (Lipinski definition) is 0. The fourth-order valence-corrected chi connectivity index (χ4v) is 3.18. The lowest BCUT2D eigenvalue weighted by molar-refractivity contribution is 0.0780. The molecule has 27 heavy (non-hydrogen) atoms. The number of carbonyl (C=O) groups is 1. The number of imidazole rings is 1. The van der Waals surface area contributed by atoms with Gasteiger partial charge in [0.2, 0.25) is 0 Å². The summed E-state index contributed by atoms with van der Waals surface area (Å²) in [5.41, 5.74) is 2.58. The Morgan fingerprint density at radius 3 is 2.63 bits per heavy atom. The summed E-state index contributed by atoms with van der Waals surface area (Å²) in [5, 5.41) is 0. The number of carbonyl (C=O) groups excluding carboxylic acids is 1. The minimum absolute atomic E-state index is 0.0916. The highest BCUT2D eigenvalue weighted by Gasteiger charge is 2.18. The van der Waals surface area contributed by atoms with Crippen molar-refractivity contribution in [2.45, 2.75) is 26.9 Å². The largest absolute Gasteiger partial charge is 0.493 e. The van der Waals surface area contributed by atoms with Crippen LogP contribution in [0.25, 0.3) is 11.0 Å². The molecule has 0 aliphatic heterocycles. The number of fused-ring (bicyclic) bond motifs is 1. The van der Waals surface area contributed by atoms with E-state index in [4.69, 9.17) is 14.5 Å². The molecule has 3 aromatic rings. The number of rotatable bonds is 7. The van der Waals surface area contributed by atoms with Crippen LogP contribution in [0.3, 0.4) is 0 Å². The maximum absolute atomic E-state index is 12.9. The number of aryl methyl sites for hydroxylation is 1. The molecular weight excluding hydrogens is 342 g/mol. The van der Waals surface area contributed by atoms with Crippen LogP contribution in [0.5, 0.6) is 11.5 Å². The molecule has 0 unspecified atom stereocenters. The van der Waals surface area contributed by atoms with E-state index in [1.165, 1.54) is 0 Å². The van der Waals surface area contributed by atoms with Gasteiger partial charge in [0.25, 0.3) is 5.91 Å². The van der Waals surface area contributed by atoms with E-state index < -0.39 is 0 Å². The molecule has 0 fully saturated rings. The average Bonchev–Trinajstić information content (AvgIpc) is 3.04. The number of aromatic nitrogens is 2. The zero-order chi connectivity index (χ0) is 19.4. The van der Waals surface area contributed by atoms with Gasteiger partial charge >= 0.3 is 0 Å². The molecule has 0 spiro atoms. The molecule has 3 rings (SSSR count). The third-order valence-electron chi connectivity index (χ3n) is 4.49. The Bertz CT molecular complexity index is 949. The molecule has 6 nitrogen and oxygen atoms in total. The van der Waals surface area contributed by atoms with Gasteiger partial charge in [0.15, 0.2) is 11.5 Å². The molecule has 0 atom stereocenters. The molecule has 0 bridgehead atoms. The molecule has 0 saturated carbocycles. The third-order valence-corrected chi connectivity index (χ3v) is 4.49. The number of nitrogens with zero attached hydrogens (tertiary/aromatic N) is 3. The monoisotopic (exact) mass is 367 g/mol. The number of hydrogen-bond acceptors (Lipinski definition) is 4. The molecule has 142 valence electrons. The van der Waals surface area contributed by atoms with Crippen LogP contribution in [-0.2, 0) is 13.1 Å². The number of ether oxygens (including phenoxy) is 2. The van der Waals surface area contributed by atoms with Gasteiger partial charge in [-0.25, -0.2) is 4.98 Å². The van der Waals surface area contributed by atoms with Gasteiger partial charge in [0.1, 0.15) is 5.82 Å². The Kier molecular flexibility index (Phi) is 5.64. The summed E-state index contributed by atoms with van der Waals surface area (Å²) in [6, 6.07) is 13.3. The van der Waals surface area contributed by atoms with Crippen molar-refractivity contribution in [2.24, 2.45) is 0 Å². The van der Waals surface area contributed by atoms with Crippen molar-refractivity contribution < 1.29 is 14.3 Å². The van der Waals surface area contributed by atoms with Crippen LogP contribution in [0.2, 0.25) is 0 Å². The SMILES string of the molecule is CCOc1ccc(C(=O)N(C)Cc2nc3ccccc3n2CC)cc1OC. The molecule has 1 heterocycles. The summed E-state index contributed by atoms with van der Waals surface area (Å²) < 4.78 is 13.0. The first-order valence-electron chi connectivity index (χ1n) is 9.09. The first-order chi connectivity index (χ1) is 13.1. The highest BCUT2D eigenvalue weighted by Crippen LogP contribution is 2.28. The van der Waals surface area contributed by atoms with Crippen LogP contribution < -0.4 is 9.47 Å². The zero-order valence-corrected chi connectivity index (χ0v) is 16.2. The van der Waals surface area contributed by atoms with Gasteiger partial charge in [-0.1, -0.05) is 12.1 Å². The molecule has 2 aromatic carbocycles. The molecule has 0 N–H and O–H groups in total. The van der Waals surface area contributed by atoms with E-state index in [2.05, 4.69) is 17.6 Å². The van der Waals surface area contributed by atoms with Crippen LogP contribution >= 0.6 is 0 Å². The van der Waals surface area contributed by atoms with Crippen LogP contribution in [0.15, 0.2) is 42.5 Å². The predicted molar refractivity (Wildman–Crippen MR) is 105 cm³/mol. The standard InChI is InChI=1S/C21H25N3O3/c1-5-24-17-10-8-7-9-16(17)22-20(24)14-23(3)21(25)15-11-12-18(27-6-2)19(13-15)26-4/h7-13H,5-6,14H2,1-4H3. The second-order valence-corrected chi connectivity index (χ2v) is 6.22. The molecule has 0 radical (unpaired) electrons. The lowest BCUT2D eigenvalue weighted by atomic mass is 10.1. The number of methoxy groups -OCH3 is 1. The number of para-hydroxylation sites is 2. The van der Waals surface area contributed by atoms with Crippen LogP contribution in [0.1, 0.15) is 30.0 Å². The van der Waals surface area contributed by atoms with E-state index in [1.54, 1.807) is 37.3 Å². The summed E-state index contributed by atoms with van der Waals surface area (Å²) in [5.74, 6) is 1.96. The second-order valence-electron chi connectivity index (χ2n) is 6.22. The minimum Gasteiger partial charge on any atom is -0.493 e. The fraction of sp³-hybridized carbons (Fsp3) is 0.333. The van der Waals surface area contributed by atoms with Crippen molar-refractivity contribution in [1.82, 2.24) is 14.5 Å². The van der Waals surface area contributed by atoms with E-state index in [1.807, 2.05) is 25.1 Å². The molecule has 0 aliphatic carbocycles. The summed E-state index contributed by atoms with van der Waals surface area (Å²) in [6.45, 7) is 5.76. The smallest absolute Gasteiger partial charge is 0.254 e. The van der Waals surface area contributed by atoms with Crippen LogP contribution in [-0.4, -0.2) is 41.1 Å². The first kappa shape index (κ1) is 18.8. The zero-order valence-electron chi connectivity index (χ0n) is 16.2. The quantitative estimate of drug-likeness (QED) is 0.638. The van der Waals surface area contributed by atoms with Crippen molar-refractivity contribution in [3.05, 3.63) is 53.9 Å². The molecule has 0 saturated heterocycles. The maximum atomic E-state index is 12.9.